The molecule has 0 atom stereocenters. The lowest BCUT2D eigenvalue weighted by atomic mass is 10.3. The molecular formula is C16H14ClN5OS2. The van der Waals surface area contributed by atoms with E-state index >= 15 is 0 Å². The van der Waals surface area contributed by atoms with Crippen molar-refractivity contribution in [2.75, 3.05) is 0 Å². The van der Waals surface area contributed by atoms with Gasteiger partial charge in [-0.05, 0) is 32.0 Å². The quantitative estimate of drug-likeness (QED) is 0.362. The van der Waals surface area contributed by atoms with E-state index in [2.05, 4.69) is 32.9 Å². The summed E-state index contributed by atoms with van der Waals surface area (Å²) < 4.78 is 1.64. The number of benzene rings is 1. The van der Waals surface area contributed by atoms with Crippen molar-refractivity contribution in [1.82, 2.24) is 14.8 Å². The first-order chi connectivity index (χ1) is 11.8. The highest BCUT2D eigenvalue weighted by Gasteiger charge is 2.12. The van der Waals surface area contributed by atoms with Gasteiger partial charge in [-0.3, -0.25) is 4.79 Å². The molecule has 3 rings (SSSR count). The second kappa shape index (κ2) is 7.07. The molecular weight excluding hydrogens is 378 g/mol. The minimum atomic E-state index is -0.0262. The summed E-state index contributed by atoms with van der Waals surface area (Å²) in [5.74, 6) is -0.0262. The van der Waals surface area contributed by atoms with Crippen molar-refractivity contribution in [2.45, 2.75) is 25.7 Å². The highest BCUT2D eigenvalue weighted by atomic mass is 35.5. The molecule has 0 bridgehead atoms. The molecule has 0 aliphatic carbocycles. The van der Waals surface area contributed by atoms with E-state index in [1.54, 1.807) is 23.9 Å². The van der Waals surface area contributed by atoms with Gasteiger partial charge in [0.05, 0.1) is 33.2 Å². The molecule has 0 unspecified atom stereocenters. The largest absolute Gasteiger partial charge is 0.294 e. The van der Waals surface area contributed by atoms with Crippen LogP contribution in [0.2, 0.25) is 5.02 Å². The average Bonchev–Trinajstić information content (AvgIpc) is 3.10. The molecule has 0 aliphatic heterocycles. The molecule has 3 aromatic rings. The van der Waals surface area contributed by atoms with Gasteiger partial charge in [-0.1, -0.05) is 22.9 Å². The van der Waals surface area contributed by atoms with E-state index in [4.69, 9.17) is 11.6 Å². The first kappa shape index (κ1) is 17.8. The summed E-state index contributed by atoms with van der Waals surface area (Å²) in [6.07, 6.45) is 1.74. The van der Waals surface area contributed by atoms with Crippen LogP contribution in [0.1, 0.15) is 28.0 Å². The first-order valence-electron chi connectivity index (χ1n) is 7.30. The molecule has 0 saturated carbocycles. The average molecular weight is 392 g/mol. The predicted molar refractivity (Wildman–Crippen MR) is 102 cm³/mol. The molecule has 2 heterocycles. The number of rotatable bonds is 4. The molecule has 0 aliphatic rings. The Hall–Kier alpha value is -2.03. The molecule has 0 N–H and O–H groups in total. The molecule has 25 heavy (non-hydrogen) atoms. The van der Waals surface area contributed by atoms with Crippen LogP contribution in [-0.4, -0.2) is 20.5 Å². The lowest BCUT2D eigenvalue weighted by molar-refractivity contribution is 0.102. The summed E-state index contributed by atoms with van der Waals surface area (Å²) in [5.41, 5.74) is 2.67. The normalized spacial score (nSPS) is 11.4. The zero-order valence-electron chi connectivity index (χ0n) is 13.7. The van der Waals surface area contributed by atoms with Gasteiger partial charge >= 0.3 is 0 Å². The van der Waals surface area contributed by atoms with Gasteiger partial charge in [0, 0.05) is 11.8 Å². The Morgan fingerprint density at radius 2 is 2.04 bits per heavy atom. The Morgan fingerprint density at radius 3 is 2.72 bits per heavy atom. The minimum absolute atomic E-state index is 0.0262. The van der Waals surface area contributed by atoms with Gasteiger partial charge in [-0.2, -0.15) is 5.10 Å². The molecule has 0 amide bonds. The maximum Gasteiger partial charge on any atom is 0.230 e. The lowest BCUT2D eigenvalue weighted by Crippen LogP contribution is -1.95. The smallest absolute Gasteiger partial charge is 0.230 e. The van der Waals surface area contributed by atoms with Crippen LogP contribution >= 0.6 is 35.6 Å². The van der Waals surface area contributed by atoms with Gasteiger partial charge in [0.25, 0.3) is 0 Å². The fourth-order valence-corrected chi connectivity index (χ4v) is 3.38. The highest BCUT2D eigenvalue weighted by Crippen LogP contribution is 2.29. The zero-order valence-corrected chi connectivity index (χ0v) is 16.2. The maximum atomic E-state index is 11.5. The summed E-state index contributed by atoms with van der Waals surface area (Å²) in [6, 6.07) is 5.39. The molecule has 9 heteroatoms. The topological polar surface area (TPSA) is 72.5 Å². The Bertz CT molecular complexity index is 993. The molecule has 0 saturated heterocycles. The minimum Gasteiger partial charge on any atom is -0.294 e. The summed E-state index contributed by atoms with van der Waals surface area (Å²) >= 11 is 11.8. The van der Waals surface area contributed by atoms with Gasteiger partial charge in [0.2, 0.25) is 5.13 Å². The Labute approximate surface area is 159 Å². The summed E-state index contributed by atoms with van der Waals surface area (Å²) in [4.78, 5) is 17.1. The Balaban J connectivity index is 1.92. The van der Waals surface area contributed by atoms with Crippen LogP contribution in [0.15, 0.2) is 39.5 Å². The van der Waals surface area contributed by atoms with Gasteiger partial charge in [-0.25, -0.2) is 9.67 Å². The van der Waals surface area contributed by atoms with E-state index in [0.717, 1.165) is 4.90 Å². The molecule has 6 nitrogen and oxygen atoms in total. The van der Waals surface area contributed by atoms with Crippen LogP contribution in [0.3, 0.4) is 0 Å². The summed E-state index contributed by atoms with van der Waals surface area (Å²) in [7, 11) is 0. The van der Waals surface area contributed by atoms with E-state index < -0.39 is 0 Å². The standard InChI is InChI=1S/C16H14ClN5OS2/c1-8-13(19-20-16-18-9(2)15(25-16)10(3)23)7-22(21-8)14-6-11(24)4-5-12(14)17/h4-7,24H,1-3H3. The van der Waals surface area contributed by atoms with Crippen LogP contribution in [-0.2, 0) is 0 Å². The molecule has 0 spiro atoms. The van der Waals surface area contributed by atoms with E-state index in [-0.39, 0.29) is 5.78 Å². The van der Waals surface area contributed by atoms with Crippen LogP contribution in [0.4, 0.5) is 10.8 Å². The van der Waals surface area contributed by atoms with Crippen molar-refractivity contribution in [3.63, 3.8) is 0 Å². The Kier molecular flexibility index (Phi) is 5.03. The number of aryl methyl sites for hydroxylation is 2. The van der Waals surface area contributed by atoms with Crippen LogP contribution in [0, 0.1) is 13.8 Å². The first-order valence-corrected chi connectivity index (χ1v) is 8.94. The van der Waals surface area contributed by atoms with Crippen LogP contribution < -0.4 is 0 Å². The number of nitrogens with zero attached hydrogens (tertiary/aromatic N) is 5. The van der Waals surface area contributed by atoms with Crippen molar-refractivity contribution < 1.29 is 4.79 Å². The van der Waals surface area contributed by atoms with Crippen molar-refractivity contribution in [1.29, 1.82) is 0 Å². The van der Waals surface area contributed by atoms with E-state index in [1.165, 1.54) is 18.3 Å². The Morgan fingerprint density at radius 1 is 1.28 bits per heavy atom. The van der Waals surface area contributed by atoms with Crippen molar-refractivity contribution in [3.8, 4) is 5.69 Å². The number of hydrogen-bond acceptors (Lipinski definition) is 7. The van der Waals surface area contributed by atoms with Crippen LogP contribution in [0.5, 0.6) is 0 Å². The van der Waals surface area contributed by atoms with E-state index in [9.17, 15) is 4.79 Å². The lowest BCUT2D eigenvalue weighted by Gasteiger charge is -2.04. The van der Waals surface area contributed by atoms with Gasteiger partial charge in [0.1, 0.15) is 5.69 Å². The van der Waals surface area contributed by atoms with Gasteiger partial charge in [0.15, 0.2) is 5.78 Å². The number of ketones is 1. The molecule has 0 radical (unpaired) electrons. The number of thiazole rings is 1. The maximum absolute atomic E-state index is 11.5. The zero-order chi connectivity index (χ0) is 18.1. The van der Waals surface area contributed by atoms with E-state index in [0.29, 0.717) is 37.8 Å². The third-order valence-electron chi connectivity index (χ3n) is 3.40. The predicted octanol–water partition coefficient (Wildman–Crippen LogP) is 5.51. The fourth-order valence-electron chi connectivity index (χ4n) is 2.20. The molecule has 2 aromatic heterocycles. The third kappa shape index (κ3) is 3.81. The number of carbonyl (C=O) groups excluding carboxylic acids is 1. The molecule has 0 fully saturated rings. The highest BCUT2D eigenvalue weighted by molar-refractivity contribution is 7.80. The summed E-state index contributed by atoms with van der Waals surface area (Å²) in [5, 5.41) is 13.7. The fraction of sp³-hybridized carbons (Fsp3) is 0.188. The van der Waals surface area contributed by atoms with Crippen LogP contribution in [0.25, 0.3) is 5.69 Å². The van der Waals surface area contributed by atoms with E-state index in [1.807, 2.05) is 19.1 Å². The number of azo groups is 1. The second-order valence-corrected chi connectivity index (χ2v) is 7.25. The summed E-state index contributed by atoms with van der Waals surface area (Å²) in [6.45, 7) is 5.12. The monoisotopic (exact) mass is 391 g/mol. The number of hydrogen-bond donors (Lipinski definition) is 1. The molecule has 128 valence electrons. The number of Topliss-reactive ketones (excluding diaryl/α,β-unsaturated/α-hetero) is 1. The number of thiol groups is 1. The van der Waals surface area contributed by atoms with Crippen molar-refractivity contribution in [2.24, 2.45) is 10.2 Å². The van der Waals surface area contributed by atoms with Crippen molar-refractivity contribution in [3.05, 3.63) is 45.7 Å². The number of aromatic nitrogens is 3. The SMILES string of the molecule is CC(=O)c1sc(N=Nc2cn(-c3cc(S)ccc3Cl)nc2C)nc1C. The van der Waals surface area contributed by atoms with Crippen molar-refractivity contribution >= 4 is 52.2 Å². The van der Waals surface area contributed by atoms with Gasteiger partial charge in [-0.15, -0.1) is 22.9 Å². The second-order valence-electron chi connectivity index (χ2n) is 5.35. The molecule has 1 aromatic carbocycles. The number of carbonyl (C=O) groups is 1. The van der Waals surface area contributed by atoms with Gasteiger partial charge < -0.3 is 0 Å². The number of halogens is 1. The third-order valence-corrected chi connectivity index (χ3v) is 5.14.